The van der Waals surface area contributed by atoms with E-state index in [0.717, 1.165) is 28.0 Å². The molecule has 0 saturated carbocycles. The predicted molar refractivity (Wildman–Crippen MR) is 187 cm³/mol. The lowest BCUT2D eigenvalue weighted by molar-refractivity contribution is -0.118. The van der Waals surface area contributed by atoms with Crippen LogP contribution in [0.1, 0.15) is 17.0 Å². The van der Waals surface area contributed by atoms with E-state index in [2.05, 4.69) is 15.0 Å². The molecule has 4 aromatic carbocycles. The van der Waals surface area contributed by atoms with Crippen LogP contribution in [0.2, 0.25) is 0 Å². The fourth-order valence-corrected chi connectivity index (χ4v) is 5.71. The molecule has 0 fully saturated rings. The second kappa shape index (κ2) is 12.8. The molecule has 1 N–H and O–H groups in total. The Morgan fingerprint density at radius 3 is 2.48 bits per heavy atom. The van der Waals surface area contributed by atoms with Gasteiger partial charge in [-0.2, -0.15) is 9.78 Å². The third kappa shape index (κ3) is 5.82. The molecule has 3 heterocycles. The normalized spacial score (nSPS) is 11.4. The zero-order chi connectivity index (χ0) is 33.2. The number of nitrogens with one attached hydrogen (secondary N) is 1. The van der Waals surface area contributed by atoms with Crippen molar-refractivity contribution in [2.75, 3.05) is 19.0 Å². The SMILES string of the molecule is COc1cccc2oc(-c3nc4ccccc4c(=O)n3N=Cc3cc(C)n(-c4ccc(OCC(=O)Nc5ccccc5)cc4)c3C)cc12. The van der Waals surface area contributed by atoms with E-state index in [1.165, 1.54) is 4.68 Å². The topological polar surface area (TPSA) is 113 Å². The number of carbonyl (C=O) groups excluding carboxylic acids is 1. The molecule has 0 saturated heterocycles. The summed E-state index contributed by atoms with van der Waals surface area (Å²) in [7, 11) is 1.60. The van der Waals surface area contributed by atoms with Crippen LogP contribution in [0.3, 0.4) is 0 Å². The van der Waals surface area contributed by atoms with Crippen molar-refractivity contribution in [3.05, 3.63) is 136 Å². The number of ether oxygens (including phenoxy) is 2. The van der Waals surface area contributed by atoms with Crippen molar-refractivity contribution in [3.8, 4) is 28.8 Å². The molecule has 238 valence electrons. The number of carbonyl (C=O) groups is 1. The second-order valence-corrected chi connectivity index (χ2v) is 11.2. The lowest BCUT2D eigenvalue weighted by Crippen LogP contribution is -2.20. The number of para-hydroxylation sites is 2. The zero-order valence-corrected chi connectivity index (χ0v) is 26.5. The highest BCUT2D eigenvalue weighted by atomic mass is 16.5. The number of benzene rings is 4. The van der Waals surface area contributed by atoms with Crippen LogP contribution >= 0.6 is 0 Å². The summed E-state index contributed by atoms with van der Waals surface area (Å²) in [6.45, 7) is 3.88. The molecule has 0 bridgehead atoms. The third-order valence-electron chi connectivity index (χ3n) is 8.02. The van der Waals surface area contributed by atoms with Crippen molar-refractivity contribution in [3.63, 3.8) is 0 Å². The molecule has 0 aliphatic carbocycles. The van der Waals surface area contributed by atoms with Gasteiger partial charge in [0.15, 0.2) is 12.4 Å². The van der Waals surface area contributed by atoms with Gasteiger partial charge in [0.05, 0.1) is 29.6 Å². The van der Waals surface area contributed by atoms with Crippen molar-refractivity contribution in [2.45, 2.75) is 13.8 Å². The first-order valence-corrected chi connectivity index (χ1v) is 15.3. The molecule has 7 aromatic rings. The van der Waals surface area contributed by atoms with E-state index in [4.69, 9.17) is 18.9 Å². The van der Waals surface area contributed by atoms with Crippen LogP contribution in [0, 0.1) is 13.8 Å². The Hall–Kier alpha value is -6.42. The number of hydrogen-bond donors (Lipinski definition) is 1. The third-order valence-corrected chi connectivity index (χ3v) is 8.02. The molecule has 1 amide bonds. The van der Waals surface area contributed by atoms with Gasteiger partial charge >= 0.3 is 0 Å². The number of aryl methyl sites for hydroxylation is 1. The van der Waals surface area contributed by atoms with Crippen LogP contribution in [-0.2, 0) is 4.79 Å². The van der Waals surface area contributed by atoms with Gasteiger partial charge in [0.25, 0.3) is 11.5 Å². The van der Waals surface area contributed by atoms with Crippen LogP contribution in [0.25, 0.3) is 39.1 Å². The van der Waals surface area contributed by atoms with E-state index in [9.17, 15) is 9.59 Å². The highest BCUT2D eigenvalue weighted by molar-refractivity contribution is 5.92. The number of rotatable bonds is 9. The molecule has 48 heavy (non-hydrogen) atoms. The molecular formula is C38H31N5O5. The van der Waals surface area contributed by atoms with Crippen molar-refractivity contribution >= 4 is 39.7 Å². The smallest absolute Gasteiger partial charge is 0.282 e. The van der Waals surface area contributed by atoms with Crippen LogP contribution < -0.4 is 20.3 Å². The summed E-state index contributed by atoms with van der Waals surface area (Å²) >= 11 is 0. The van der Waals surface area contributed by atoms with Gasteiger partial charge in [0.2, 0.25) is 5.82 Å². The predicted octanol–water partition coefficient (Wildman–Crippen LogP) is 7.13. The van der Waals surface area contributed by atoms with Gasteiger partial charge in [-0.3, -0.25) is 9.59 Å². The summed E-state index contributed by atoms with van der Waals surface area (Å²) in [5.41, 5.74) is 5.17. The first-order chi connectivity index (χ1) is 23.4. The van der Waals surface area contributed by atoms with E-state index in [1.54, 1.807) is 31.5 Å². The highest BCUT2D eigenvalue weighted by Crippen LogP contribution is 2.33. The fourth-order valence-electron chi connectivity index (χ4n) is 5.71. The maximum Gasteiger partial charge on any atom is 0.282 e. The van der Waals surface area contributed by atoms with Gasteiger partial charge in [-0.1, -0.05) is 36.4 Å². The minimum Gasteiger partial charge on any atom is -0.496 e. The van der Waals surface area contributed by atoms with Gasteiger partial charge in [0, 0.05) is 28.3 Å². The Balaban J connectivity index is 1.17. The summed E-state index contributed by atoms with van der Waals surface area (Å²) in [4.78, 5) is 30.9. The quantitative estimate of drug-likeness (QED) is 0.169. The monoisotopic (exact) mass is 637 g/mol. The largest absolute Gasteiger partial charge is 0.496 e. The van der Waals surface area contributed by atoms with Gasteiger partial charge < -0.3 is 23.8 Å². The molecule has 7 rings (SSSR count). The van der Waals surface area contributed by atoms with Crippen LogP contribution in [0.4, 0.5) is 5.69 Å². The maximum absolute atomic E-state index is 13.8. The molecule has 0 spiro atoms. The number of methoxy groups -OCH3 is 1. The number of nitrogens with zero attached hydrogens (tertiary/aromatic N) is 4. The van der Waals surface area contributed by atoms with Crippen LogP contribution in [-0.4, -0.2) is 40.1 Å². The van der Waals surface area contributed by atoms with E-state index in [1.807, 2.05) is 105 Å². The summed E-state index contributed by atoms with van der Waals surface area (Å²) in [5, 5.41) is 8.68. The average molecular weight is 638 g/mol. The lowest BCUT2D eigenvalue weighted by atomic mass is 10.2. The zero-order valence-electron chi connectivity index (χ0n) is 26.5. The molecule has 0 aliphatic rings. The molecule has 10 heteroatoms. The summed E-state index contributed by atoms with van der Waals surface area (Å²) in [6.07, 6.45) is 1.66. The standard InChI is InChI=1S/C38H31N5O5/c1-24-20-26(25(2)42(24)28-16-18-29(19-17-28)47-23-36(44)40-27-10-5-4-6-11-27)22-39-43-37(41-32-13-8-7-12-30(32)38(43)45)35-21-31-33(46-3)14-9-15-34(31)48-35/h4-22H,23H2,1-3H3,(H,40,44). The molecule has 0 unspecified atom stereocenters. The van der Waals surface area contributed by atoms with Gasteiger partial charge in [-0.25, -0.2) is 4.98 Å². The van der Waals surface area contributed by atoms with Gasteiger partial charge in [0.1, 0.15) is 17.1 Å². The van der Waals surface area contributed by atoms with E-state index < -0.39 is 0 Å². The van der Waals surface area contributed by atoms with Crippen molar-refractivity contribution in [2.24, 2.45) is 5.10 Å². The maximum atomic E-state index is 13.8. The first-order valence-electron chi connectivity index (χ1n) is 15.3. The van der Waals surface area contributed by atoms with Crippen molar-refractivity contribution in [1.29, 1.82) is 0 Å². The Labute approximate surface area is 275 Å². The second-order valence-electron chi connectivity index (χ2n) is 11.2. The molecule has 0 atom stereocenters. The van der Waals surface area contributed by atoms with Crippen LogP contribution in [0.5, 0.6) is 11.5 Å². The molecule has 0 aliphatic heterocycles. The molecule has 3 aromatic heterocycles. The number of anilines is 1. The van der Waals surface area contributed by atoms with Gasteiger partial charge in [-0.15, -0.1) is 0 Å². The van der Waals surface area contributed by atoms with Crippen LogP contribution in [0.15, 0.2) is 124 Å². The fraction of sp³-hybridized carbons (Fsp3) is 0.105. The molecule has 0 radical (unpaired) electrons. The minimum absolute atomic E-state index is 0.108. The number of furan rings is 1. The summed E-state index contributed by atoms with van der Waals surface area (Å²) < 4.78 is 20.7. The van der Waals surface area contributed by atoms with Crippen molar-refractivity contribution < 1.29 is 18.7 Å². The highest BCUT2D eigenvalue weighted by Gasteiger charge is 2.18. The Kier molecular flexibility index (Phi) is 8.04. The minimum atomic E-state index is -0.318. The Morgan fingerprint density at radius 2 is 1.69 bits per heavy atom. The van der Waals surface area contributed by atoms with E-state index >= 15 is 0 Å². The van der Waals surface area contributed by atoms with Crippen molar-refractivity contribution in [1.82, 2.24) is 14.2 Å². The van der Waals surface area contributed by atoms with E-state index in [0.29, 0.717) is 39.4 Å². The number of fused-ring (bicyclic) bond motifs is 2. The summed E-state index contributed by atoms with van der Waals surface area (Å²) in [5.74, 6) is 1.65. The lowest BCUT2D eigenvalue weighted by Gasteiger charge is -2.12. The Morgan fingerprint density at radius 1 is 0.917 bits per heavy atom. The number of aromatic nitrogens is 3. The Bertz CT molecular complexity index is 2370. The number of amides is 1. The summed E-state index contributed by atoms with van der Waals surface area (Å²) in [6, 6.07) is 33.3. The van der Waals surface area contributed by atoms with Gasteiger partial charge in [-0.05, 0) is 86.6 Å². The molecular weight excluding hydrogens is 606 g/mol. The first kappa shape index (κ1) is 30.2. The molecule has 10 nitrogen and oxygen atoms in total. The average Bonchev–Trinajstić information content (AvgIpc) is 3.67. The van der Waals surface area contributed by atoms with E-state index in [-0.39, 0.29) is 23.9 Å². The number of hydrogen-bond acceptors (Lipinski definition) is 7.